The molecule has 0 saturated carbocycles. The first-order valence-corrected chi connectivity index (χ1v) is 7.06. The number of hydrogen-bond acceptors (Lipinski definition) is 1. The molecule has 1 aromatic rings. The first kappa shape index (κ1) is 10.1. The van der Waals surface area contributed by atoms with Crippen molar-refractivity contribution in [1.29, 1.82) is 0 Å². The second-order valence-electron chi connectivity index (χ2n) is 2.58. The Morgan fingerprint density at radius 2 is 2.00 bits per heavy atom. The summed E-state index contributed by atoms with van der Waals surface area (Å²) < 4.78 is 11.5. The van der Waals surface area contributed by atoms with Crippen molar-refractivity contribution in [3.8, 4) is 0 Å². The van der Waals surface area contributed by atoms with Crippen molar-refractivity contribution < 1.29 is 4.57 Å². The minimum Gasteiger partial charge on any atom is -0.302 e. The predicted octanol–water partition coefficient (Wildman–Crippen LogP) is 3.20. The Kier molecular flexibility index (Phi) is 3.22. The summed E-state index contributed by atoms with van der Waals surface area (Å²) in [6, 6.07) is 7.25. The Labute approximate surface area is 81.8 Å². The van der Waals surface area contributed by atoms with E-state index in [-0.39, 0.29) is 0 Å². The normalized spacial score (nSPS) is 15.6. The first-order chi connectivity index (χ1) is 5.55. The van der Waals surface area contributed by atoms with Crippen LogP contribution in [0, 0.1) is 0 Å². The van der Waals surface area contributed by atoms with Gasteiger partial charge in [0.1, 0.15) is 0 Å². The second kappa shape index (κ2) is 3.83. The maximum atomic E-state index is 11.5. The fourth-order valence-electron chi connectivity index (χ4n) is 1.01. The van der Waals surface area contributed by atoms with Crippen LogP contribution in [0.3, 0.4) is 0 Å². The van der Waals surface area contributed by atoms with Gasteiger partial charge in [-0.1, -0.05) is 24.3 Å². The van der Waals surface area contributed by atoms with Crippen molar-refractivity contribution >= 4 is 34.6 Å². The van der Waals surface area contributed by atoms with E-state index >= 15 is 0 Å². The van der Waals surface area contributed by atoms with Crippen molar-refractivity contribution in [3.05, 3.63) is 29.8 Å². The molecule has 1 unspecified atom stereocenters. The quantitative estimate of drug-likeness (QED) is 0.555. The lowest BCUT2D eigenvalue weighted by molar-refractivity contribution is 0.593. The molecular formula is C8H9Cl2OP. The van der Waals surface area contributed by atoms with Gasteiger partial charge in [0.2, 0.25) is 0 Å². The van der Waals surface area contributed by atoms with Crippen molar-refractivity contribution in [3.63, 3.8) is 0 Å². The van der Waals surface area contributed by atoms with Crippen LogP contribution in [0.1, 0.15) is 5.56 Å². The third-order valence-corrected chi connectivity index (χ3v) is 3.70. The van der Waals surface area contributed by atoms with Gasteiger partial charge in [-0.25, -0.2) is 0 Å². The van der Waals surface area contributed by atoms with Crippen LogP contribution in [0.5, 0.6) is 0 Å². The van der Waals surface area contributed by atoms with Gasteiger partial charge in [0.05, 0.1) is 0 Å². The number of hydrogen-bond donors (Lipinski definition) is 0. The number of alkyl halides is 1. The van der Waals surface area contributed by atoms with Crippen LogP contribution in [-0.4, -0.2) is 6.66 Å². The summed E-state index contributed by atoms with van der Waals surface area (Å²) in [5.74, 6) is 0.348. The molecule has 1 atom stereocenters. The Hall–Kier alpha value is 0.0300. The molecule has 0 bridgehead atoms. The predicted molar refractivity (Wildman–Crippen MR) is 55.0 cm³/mol. The van der Waals surface area contributed by atoms with Crippen molar-refractivity contribution in [2.24, 2.45) is 0 Å². The highest BCUT2D eigenvalue weighted by molar-refractivity contribution is 7.94. The summed E-state index contributed by atoms with van der Waals surface area (Å²) in [6.45, 7) is -1.16. The Balaban J connectivity index is 3.23. The fourth-order valence-corrected chi connectivity index (χ4v) is 2.85. The zero-order valence-corrected chi connectivity index (χ0v) is 9.03. The van der Waals surface area contributed by atoms with Gasteiger partial charge < -0.3 is 4.57 Å². The molecule has 0 heterocycles. The number of rotatable bonds is 2. The van der Waals surface area contributed by atoms with Crippen molar-refractivity contribution in [1.82, 2.24) is 0 Å². The van der Waals surface area contributed by atoms with Gasteiger partial charge in [-0.3, -0.25) is 0 Å². The Bertz CT molecular complexity index is 319. The topological polar surface area (TPSA) is 17.1 Å². The van der Waals surface area contributed by atoms with Crippen LogP contribution in [0.2, 0.25) is 0 Å². The van der Waals surface area contributed by atoms with E-state index in [2.05, 4.69) is 0 Å². The molecule has 0 radical (unpaired) electrons. The van der Waals surface area contributed by atoms with E-state index in [0.29, 0.717) is 11.2 Å². The molecule has 1 aromatic carbocycles. The smallest absolute Gasteiger partial charge is 0.194 e. The van der Waals surface area contributed by atoms with E-state index in [1.807, 2.05) is 18.2 Å². The van der Waals surface area contributed by atoms with E-state index < -0.39 is 6.49 Å². The largest absolute Gasteiger partial charge is 0.302 e. The molecule has 0 aromatic heterocycles. The first-order valence-electron chi connectivity index (χ1n) is 3.47. The average molecular weight is 223 g/mol. The third kappa shape index (κ3) is 2.26. The molecule has 0 spiro atoms. The molecule has 0 amide bonds. The van der Waals surface area contributed by atoms with Crippen molar-refractivity contribution in [2.75, 3.05) is 6.66 Å². The van der Waals surface area contributed by atoms with Crippen LogP contribution in [0.15, 0.2) is 24.3 Å². The monoisotopic (exact) mass is 222 g/mol. The minimum absolute atomic E-state index is 0.348. The van der Waals surface area contributed by atoms with Crippen LogP contribution in [-0.2, 0) is 10.4 Å². The summed E-state index contributed by atoms with van der Waals surface area (Å²) in [7, 11) is 0. The molecule has 66 valence electrons. The van der Waals surface area contributed by atoms with Crippen LogP contribution in [0.25, 0.3) is 0 Å². The van der Waals surface area contributed by atoms with Gasteiger partial charge in [0.25, 0.3) is 0 Å². The standard InChI is InChI=1S/C8H9Cl2OP/c1-12(10,11)8-5-3-2-4-7(8)6-9/h2-5H,6H2,1H3. The summed E-state index contributed by atoms with van der Waals surface area (Å²) in [6.07, 6.45) is 0. The van der Waals surface area contributed by atoms with Gasteiger partial charge in [-0.15, -0.1) is 11.6 Å². The highest BCUT2D eigenvalue weighted by atomic mass is 35.7. The highest BCUT2D eigenvalue weighted by Crippen LogP contribution is 2.46. The number of benzene rings is 1. The van der Waals surface area contributed by atoms with Crippen molar-refractivity contribution in [2.45, 2.75) is 5.88 Å². The molecule has 0 aliphatic heterocycles. The molecular weight excluding hydrogens is 214 g/mol. The van der Waals surface area contributed by atoms with Crippen LogP contribution >= 0.6 is 29.3 Å². The number of halogens is 2. The van der Waals surface area contributed by atoms with E-state index in [9.17, 15) is 4.57 Å². The fraction of sp³-hybridized carbons (Fsp3) is 0.250. The molecule has 0 aliphatic carbocycles. The van der Waals surface area contributed by atoms with E-state index in [1.54, 1.807) is 6.07 Å². The minimum atomic E-state index is -2.68. The molecule has 12 heavy (non-hydrogen) atoms. The van der Waals surface area contributed by atoms with Gasteiger partial charge in [0.15, 0.2) is 6.49 Å². The molecule has 1 nitrogen and oxygen atoms in total. The van der Waals surface area contributed by atoms with E-state index in [0.717, 1.165) is 5.56 Å². The maximum Gasteiger partial charge on any atom is 0.194 e. The summed E-state index contributed by atoms with van der Waals surface area (Å²) in [5, 5.41) is 0.668. The lowest BCUT2D eigenvalue weighted by atomic mass is 10.2. The van der Waals surface area contributed by atoms with E-state index in [4.69, 9.17) is 22.8 Å². The lowest BCUT2D eigenvalue weighted by Gasteiger charge is -2.08. The third-order valence-electron chi connectivity index (χ3n) is 1.57. The Morgan fingerprint density at radius 1 is 1.42 bits per heavy atom. The SMILES string of the molecule is CP(=O)(Cl)c1ccccc1CCl. The molecule has 0 saturated heterocycles. The molecule has 1 rings (SSSR count). The maximum absolute atomic E-state index is 11.5. The summed E-state index contributed by atoms with van der Waals surface area (Å²) in [4.78, 5) is 0. The summed E-state index contributed by atoms with van der Waals surface area (Å²) in [5.41, 5.74) is 0.847. The van der Waals surface area contributed by atoms with Gasteiger partial charge >= 0.3 is 0 Å². The second-order valence-corrected chi connectivity index (χ2v) is 6.91. The van der Waals surface area contributed by atoms with Gasteiger partial charge in [0, 0.05) is 17.8 Å². The molecule has 0 aliphatic rings. The summed E-state index contributed by atoms with van der Waals surface area (Å²) >= 11 is 11.4. The van der Waals surface area contributed by atoms with Gasteiger partial charge in [-0.05, 0) is 16.8 Å². The molecule has 0 fully saturated rings. The molecule has 4 heteroatoms. The lowest BCUT2D eigenvalue weighted by Crippen LogP contribution is -2.05. The van der Waals surface area contributed by atoms with Gasteiger partial charge in [-0.2, -0.15) is 0 Å². The Morgan fingerprint density at radius 3 is 2.42 bits per heavy atom. The zero-order chi connectivity index (χ0) is 9.19. The van der Waals surface area contributed by atoms with E-state index in [1.165, 1.54) is 6.66 Å². The zero-order valence-electron chi connectivity index (χ0n) is 6.63. The molecule has 0 N–H and O–H groups in total. The highest BCUT2D eigenvalue weighted by Gasteiger charge is 2.16. The van der Waals surface area contributed by atoms with Crippen LogP contribution < -0.4 is 5.30 Å². The van der Waals surface area contributed by atoms with Crippen LogP contribution in [0.4, 0.5) is 0 Å². The average Bonchev–Trinajstić information content (AvgIpc) is 2.03.